The van der Waals surface area contributed by atoms with Crippen LogP contribution in [0, 0.1) is 0 Å². The number of pyridine rings is 1. The van der Waals surface area contributed by atoms with E-state index in [-0.39, 0.29) is 12.0 Å². The van der Waals surface area contributed by atoms with Gasteiger partial charge < -0.3 is 19.5 Å². The van der Waals surface area contributed by atoms with Gasteiger partial charge in [0.25, 0.3) is 0 Å². The van der Waals surface area contributed by atoms with Gasteiger partial charge in [-0.3, -0.25) is 9.78 Å². The molecule has 0 spiro atoms. The highest BCUT2D eigenvalue weighted by molar-refractivity contribution is 5.91. The lowest BCUT2D eigenvalue weighted by Crippen LogP contribution is -2.20. The highest BCUT2D eigenvalue weighted by Crippen LogP contribution is 2.29. The summed E-state index contributed by atoms with van der Waals surface area (Å²) in [6, 6.07) is 18.9. The molecule has 6 heteroatoms. The first-order valence-electron chi connectivity index (χ1n) is 10.5. The summed E-state index contributed by atoms with van der Waals surface area (Å²) in [4.78, 5) is 16.5. The number of methoxy groups -OCH3 is 1. The van der Waals surface area contributed by atoms with Crippen molar-refractivity contribution in [2.75, 3.05) is 7.11 Å². The molecule has 0 aliphatic carbocycles. The Bertz CT molecular complexity index is 1050. The zero-order chi connectivity index (χ0) is 22.8. The molecular formula is C26H28N2O4. The number of amides is 1. The number of nitrogens with one attached hydrogen (secondary N) is 1. The van der Waals surface area contributed by atoms with E-state index in [4.69, 9.17) is 14.2 Å². The maximum absolute atomic E-state index is 12.3. The number of aromatic nitrogens is 1. The van der Waals surface area contributed by atoms with E-state index in [0.717, 1.165) is 22.6 Å². The Balaban J connectivity index is 1.53. The second-order valence-electron chi connectivity index (χ2n) is 7.39. The summed E-state index contributed by atoms with van der Waals surface area (Å²) >= 11 is 0. The fourth-order valence-corrected chi connectivity index (χ4v) is 2.95. The van der Waals surface area contributed by atoms with E-state index in [1.165, 1.54) is 6.08 Å². The van der Waals surface area contributed by atoms with Crippen LogP contribution in [0.5, 0.6) is 17.2 Å². The van der Waals surface area contributed by atoms with E-state index < -0.39 is 0 Å². The Morgan fingerprint density at radius 3 is 2.69 bits per heavy atom. The lowest BCUT2D eigenvalue weighted by molar-refractivity contribution is -0.116. The third kappa shape index (κ3) is 7.16. The molecule has 1 amide bonds. The molecule has 0 saturated carbocycles. The molecule has 6 nitrogen and oxygen atoms in total. The van der Waals surface area contributed by atoms with Gasteiger partial charge in [-0.2, -0.15) is 0 Å². The van der Waals surface area contributed by atoms with Gasteiger partial charge in [0.05, 0.1) is 18.9 Å². The fraction of sp³-hybridized carbons (Fsp3) is 0.231. The quantitative estimate of drug-likeness (QED) is 0.467. The van der Waals surface area contributed by atoms with Crippen molar-refractivity contribution >= 4 is 12.0 Å². The molecule has 32 heavy (non-hydrogen) atoms. The number of benzene rings is 2. The maximum Gasteiger partial charge on any atom is 0.244 e. The standard InChI is InChI=1S/C26H28N2O4/c1-19(2)32-24-12-10-20(16-25(24)30-3)11-13-26(29)28-17-21-7-6-9-23(15-21)31-18-22-8-4-5-14-27-22/h4-16,19H,17-18H2,1-3H3,(H,28,29)/b13-11+. The number of nitrogens with zero attached hydrogens (tertiary/aromatic N) is 1. The molecule has 0 fully saturated rings. The fourth-order valence-electron chi connectivity index (χ4n) is 2.95. The second-order valence-corrected chi connectivity index (χ2v) is 7.39. The normalized spacial score (nSPS) is 10.9. The van der Waals surface area contributed by atoms with Gasteiger partial charge in [-0.15, -0.1) is 0 Å². The van der Waals surface area contributed by atoms with Crippen LogP contribution < -0.4 is 19.5 Å². The third-order valence-corrected chi connectivity index (χ3v) is 4.46. The van der Waals surface area contributed by atoms with Crippen molar-refractivity contribution in [1.82, 2.24) is 10.3 Å². The lowest BCUT2D eigenvalue weighted by Gasteiger charge is -2.13. The Hall–Kier alpha value is -3.80. The van der Waals surface area contributed by atoms with Gasteiger partial charge in [0.2, 0.25) is 5.91 Å². The first kappa shape index (κ1) is 22.9. The first-order valence-corrected chi connectivity index (χ1v) is 10.5. The molecule has 1 N–H and O–H groups in total. The molecule has 2 aromatic carbocycles. The van der Waals surface area contributed by atoms with E-state index in [2.05, 4.69) is 10.3 Å². The Morgan fingerprint density at radius 2 is 1.94 bits per heavy atom. The van der Waals surface area contributed by atoms with Crippen molar-refractivity contribution in [2.24, 2.45) is 0 Å². The molecule has 166 valence electrons. The summed E-state index contributed by atoms with van der Waals surface area (Å²) in [6.45, 7) is 4.71. The van der Waals surface area contributed by atoms with Gasteiger partial charge >= 0.3 is 0 Å². The SMILES string of the molecule is COc1cc(/C=C/C(=O)NCc2cccc(OCc3ccccn3)c2)ccc1OC(C)C. The van der Waals surface area contributed by atoms with Gasteiger partial charge in [0, 0.05) is 18.8 Å². The van der Waals surface area contributed by atoms with Crippen LogP contribution in [-0.2, 0) is 17.9 Å². The van der Waals surface area contributed by atoms with Gasteiger partial charge in [-0.05, 0) is 67.4 Å². The van der Waals surface area contributed by atoms with Crippen LogP contribution in [0.4, 0.5) is 0 Å². The molecule has 0 unspecified atom stereocenters. The van der Waals surface area contributed by atoms with Crippen molar-refractivity contribution in [1.29, 1.82) is 0 Å². The molecule has 0 aliphatic rings. The number of rotatable bonds is 10. The second kappa shape index (κ2) is 11.6. The summed E-state index contributed by atoms with van der Waals surface area (Å²) in [5, 5.41) is 2.89. The van der Waals surface area contributed by atoms with Crippen LogP contribution in [0.2, 0.25) is 0 Å². The van der Waals surface area contributed by atoms with Crippen molar-refractivity contribution in [2.45, 2.75) is 33.1 Å². The molecule has 0 radical (unpaired) electrons. The average Bonchev–Trinajstić information content (AvgIpc) is 2.81. The largest absolute Gasteiger partial charge is 0.493 e. The van der Waals surface area contributed by atoms with Crippen molar-refractivity contribution in [3.8, 4) is 17.2 Å². The zero-order valence-electron chi connectivity index (χ0n) is 18.6. The van der Waals surface area contributed by atoms with Gasteiger partial charge in [0.15, 0.2) is 11.5 Å². The zero-order valence-corrected chi connectivity index (χ0v) is 18.6. The predicted molar refractivity (Wildman–Crippen MR) is 125 cm³/mol. The summed E-state index contributed by atoms with van der Waals surface area (Å²) in [5.74, 6) is 1.85. The highest BCUT2D eigenvalue weighted by Gasteiger charge is 2.07. The predicted octanol–water partition coefficient (Wildman–Crippen LogP) is 4.79. The smallest absolute Gasteiger partial charge is 0.244 e. The van der Waals surface area contributed by atoms with Crippen LogP contribution >= 0.6 is 0 Å². The van der Waals surface area contributed by atoms with Gasteiger partial charge in [-0.25, -0.2) is 0 Å². The third-order valence-electron chi connectivity index (χ3n) is 4.46. The molecule has 1 heterocycles. The highest BCUT2D eigenvalue weighted by atomic mass is 16.5. The molecule has 0 saturated heterocycles. The Labute approximate surface area is 188 Å². The van der Waals surface area contributed by atoms with E-state index in [1.54, 1.807) is 19.4 Å². The van der Waals surface area contributed by atoms with Crippen LogP contribution in [0.15, 0.2) is 72.9 Å². The first-order chi connectivity index (χ1) is 15.5. The van der Waals surface area contributed by atoms with Crippen molar-refractivity contribution in [3.63, 3.8) is 0 Å². The van der Waals surface area contributed by atoms with Crippen LogP contribution in [0.3, 0.4) is 0 Å². The Morgan fingerprint density at radius 1 is 1.06 bits per heavy atom. The molecule has 0 aliphatic heterocycles. The maximum atomic E-state index is 12.3. The summed E-state index contributed by atoms with van der Waals surface area (Å²) in [6.07, 6.45) is 5.03. The summed E-state index contributed by atoms with van der Waals surface area (Å²) in [5.41, 5.74) is 2.65. The van der Waals surface area contributed by atoms with Crippen molar-refractivity contribution < 1.29 is 19.0 Å². The van der Waals surface area contributed by atoms with E-state index in [9.17, 15) is 4.79 Å². The van der Waals surface area contributed by atoms with Crippen LogP contribution in [0.25, 0.3) is 6.08 Å². The molecule has 0 bridgehead atoms. The molecule has 3 aromatic rings. The lowest BCUT2D eigenvalue weighted by atomic mass is 10.2. The minimum Gasteiger partial charge on any atom is -0.493 e. The monoisotopic (exact) mass is 432 g/mol. The number of hydrogen-bond acceptors (Lipinski definition) is 5. The molecule has 0 atom stereocenters. The Kier molecular flexibility index (Phi) is 8.26. The van der Waals surface area contributed by atoms with Crippen LogP contribution in [-0.4, -0.2) is 24.1 Å². The summed E-state index contributed by atoms with van der Waals surface area (Å²) < 4.78 is 16.9. The minimum absolute atomic E-state index is 0.0509. The average molecular weight is 433 g/mol. The minimum atomic E-state index is -0.189. The van der Waals surface area contributed by atoms with E-state index in [1.807, 2.05) is 74.5 Å². The topological polar surface area (TPSA) is 69.7 Å². The number of ether oxygens (including phenoxy) is 3. The molecule has 1 aromatic heterocycles. The molecular weight excluding hydrogens is 404 g/mol. The van der Waals surface area contributed by atoms with Crippen LogP contribution in [0.1, 0.15) is 30.7 Å². The van der Waals surface area contributed by atoms with Crippen molar-refractivity contribution in [3.05, 3.63) is 89.8 Å². The van der Waals surface area contributed by atoms with E-state index >= 15 is 0 Å². The molecule has 3 rings (SSSR count). The summed E-state index contributed by atoms with van der Waals surface area (Å²) in [7, 11) is 1.59. The number of hydrogen-bond donors (Lipinski definition) is 1. The van der Waals surface area contributed by atoms with Gasteiger partial charge in [-0.1, -0.05) is 24.3 Å². The number of carbonyl (C=O) groups is 1. The number of carbonyl (C=O) groups excluding carboxylic acids is 1. The van der Waals surface area contributed by atoms with Gasteiger partial charge in [0.1, 0.15) is 12.4 Å². The van der Waals surface area contributed by atoms with E-state index in [0.29, 0.717) is 24.7 Å².